The molecule has 0 aliphatic heterocycles. The average Bonchev–Trinajstić information content (AvgIpc) is 2.66. The number of pyridine rings is 1. The fourth-order valence-electron chi connectivity index (χ4n) is 3.00. The molecule has 0 atom stereocenters. The summed E-state index contributed by atoms with van der Waals surface area (Å²) in [4.78, 5) is 15.7. The van der Waals surface area contributed by atoms with Crippen LogP contribution in [0.15, 0.2) is 85.1 Å². The first-order valence-corrected chi connectivity index (χ1v) is 8.53. The first-order valence-electron chi connectivity index (χ1n) is 8.53. The van der Waals surface area contributed by atoms with E-state index in [2.05, 4.69) is 46.7 Å². The third kappa shape index (κ3) is 3.07. The molecular formula is C23H18N2O. The summed E-state index contributed by atoms with van der Waals surface area (Å²) in [5, 5.41) is 3.86. The SMILES string of the molecule is CC(=O)Nc1ccc(-c2ccccc2)c2cccnc12.c1cc2ccc1-2. The van der Waals surface area contributed by atoms with E-state index in [9.17, 15) is 4.79 Å². The van der Waals surface area contributed by atoms with Crippen LogP contribution in [-0.2, 0) is 4.79 Å². The van der Waals surface area contributed by atoms with E-state index in [4.69, 9.17) is 0 Å². The molecule has 2 aliphatic rings. The van der Waals surface area contributed by atoms with Crippen molar-refractivity contribution in [3.05, 3.63) is 85.1 Å². The van der Waals surface area contributed by atoms with Crippen LogP contribution in [0.2, 0.25) is 0 Å². The molecular weight excluding hydrogens is 320 g/mol. The van der Waals surface area contributed by atoms with E-state index in [-0.39, 0.29) is 5.91 Å². The topological polar surface area (TPSA) is 42.0 Å². The maximum Gasteiger partial charge on any atom is 0.221 e. The van der Waals surface area contributed by atoms with E-state index >= 15 is 0 Å². The quantitative estimate of drug-likeness (QED) is 0.460. The Morgan fingerprint density at radius 2 is 1.46 bits per heavy atom. The van der Waals surface area contributed by atoms with Gasteiger partial charge in [-0.3, -0.25) is 9.78 Å². The number of hydrogen-bond donors (Lipinski definition) is 1. The van der Waals surface area contributed by atoms with Crippen LogP contribution < -0.4 is 5.32 Å². The van der Waals surface area contributed by atoms with Crippen molar-refractivity contribution in [3.8, 4) is 22.3 Å². The molecule has 1 N–H and O–H groups in total. The van der Waals surface area contributed by atoms with Crippen molar-refractivity contribution in [2.75, 3.05) is 5.32 Å². The summed E-state index contributed by atoms with van der Waals surface area (Å²) in [5.41, 5.74) is 6.66. The monoisotopic (exact) mass is 338 g/mol. The van der Waals surface area contributed by atoms with E-state index in [0.717, 1.165) is 27.7 Å². The molecule has 3 aromatic rings. The number of fused-ring (bicyclic) bond motifs is 2. The molecule has 5 rings (SSSR count). The Morgan fingerprint density at radius 1 is 0.769 bits per heavy atom. The average molecular weight is 338 g/mol. The van der Waals surface area contributed by atoms with Crippen LogP contribution in [0.25, 0.3) is 33.2 Å². The number of nitrogens with one attached hydrogen (secondary N) is 1. The molecule has 3 nitrogen and oxygen atoms in total. The molecule has 0 unspecified atom stereocenters. The second-order valence-electron chi connectivity index (χ2n) is 6.18. The minimum atomic E-state index is -0.0931. The lowest BCUT2D eigenvalue weighted by molar-refractivity contribution is -0.114. The van der Waals surface area contributed by atoms with Crippen LogP contribution in [0.4, 0.5) is 5.69 Å². The number of hydrogen-bond acceptors (Lipinski definition) is 2. The van der Waals surface area contributed by atoms with Gasteiger partial charge in [-0.25, -0.2) is 0 Å². The van der Waals surface area contributed by atoms with Gasteiger partial charge < -0.3 is 5.32 Å². The Balaban J connectivity index is 0.000000233. The summed E-state index contributed by atoms with van der Waals surface area (Å²) in [6, 6.07) is 26.5. The first-order chi connectivity index (χ1) is 12.7. The van der Waals surface area contributed by atoms with Crippen molar-refractivity contribution in [2.24, 2.45) is 0 Å². The minimum Gasteiger partial charge on any atom is -0.324 e. The van der Waals surface area contributed by atoms with Gasteiger partial charge in [0.05, 0.1) is 11.2 Å². The van der Waals surface area contributed by atoms with Gasteiger partial charge in [-0.15, -0.1) is 0 Å². The van der Waals surface area contributed by atoms with Gasteiger partial charge in [0, 0.05) is 18.5 Å². The van der Waals surface area contributed by atoms with Gasteiger partial charge in [0.2, 0.25) is 5.91 Å². The molecule has 1 aromatic heterocycles. The lowest BCUT2D eigenvalue weighted by Gasteiger charge is -2.10. The fourth-order valence-corrected chi connectivity index (χ4v) is 3.00. The molecule has 0 bridgehead atoms. The van der Waals surface area contributed by atoms with E-state index in [1.54, 1.807) is 6.20 Å². The fraction of sp³-hybridized carbons (Fsp3) is 0.0435. The molecule has 2 aliphatic carbocycles. The highest BCUT2D eigenvalue weighted by Gasteiger charge is 2.09. The number of carbonyl (C=O) groups excluding carboxylic acids is 1. The van der Waals surface area contributed by atoms with Crippen molar-refractivity contribution in [3.63, 3.8) is 0 Å². The number of rotatable bonds is 2. The highest BCUT2D eigenvalue weighted by molar-refractivity contribution is 6.05. The van der Waals surface area contributed by atoms with Crippen molar-refractivity contribution in [2.45, 2.75) is 6.92 Å². The summed E-state index contributed by atoms with van der Waals surface area (Å²) in [6.45, 7) is 1.50. The van der Waals surface area contributed by atoms with Crippen LogP contribution in [0.5, 0.6) is 0 Å². The molecule has 0 radical (unpaired) electrons. The van der Waals surface area contributed by atoms with Crippen molar-refractivity contribution < 1.29 is 4.79 Å². The Labute approximate surface area is 152 Å². The summed E-state index contributed by atoms with van der Waals surface area (Å²) in [7, 11) is 0. The van der Waals surface area contributed by atoms with Crippen LogP contribution in [0.3, 0.4) is 0 Å². The number of anilines is 1. The van der Waals surface area contributed by atoms with Crippen molar-refractivity contribution in [1.82, 2.24) is 4.98 Å². The molecule has 2 aromatic carbocycles. The summed E-state index contributed by atoms with van der Waals surface area (Å²) < 4.78 is 0. The smallest absolute Gasteiger partial charge is 0.221 e. The van der Waals surface area contributed by atoms with Gasteiger partial charge in [-0.05, 0) is 34.4 Å². The second-order valence-corrected chi connectivity index (χ2v) is 6.18. The normalized spacial score (nSPS) is 10.7. The summed E-state index contributed by atoms with van der Waals surface area (Å²) >= 11 is 0. The molecule has 1 amide bonds. The maximum absolute atomic E-state index is 11.3. The van der Waals surface area contributed by atoms with Gasteiger partial charge in [0.1, 0.15) is 0 Å². The number of amides is 1. The van der Waals surface area contributed by atoms with E-state index in [0.29, 0.717) is 0 Å². The highest BCUT2D eigenvalue weighted by atomic mass is 16.1. The van der Waals surface area contributed by atoms with Crippen LogP contribution in [0.1, 0.15) is 6.92 Å². The van der Waals surface area contributed by atoms with Crippen molar-refractivity contribution in [1.29, 1.82) is 0 Å². The highest BCUT2D eigenvalue weighted by Crippen LogP contribution is 2.32. The molecule has 0 saturated carbocycles. The van der Waals surface area contributed by atoms with E-state index in [1.165, 1.54) is 18.1 Å². The van der Waals surface area contributed by atoms with E-state index < -0.39 is 0 Å². The lowest BCUT2D eigenvalue weighted by Crippen LogP contribution is -2.06. The third-order valence-corrected chi connectivity index (χ3v) is 4.38. The van der Waals surface area contributed by atoms with E-state index in [1.807, 2.05) is 42.5 Å². The largest absolute Gasteiger partial charge is 0.324 e. The van der Waals surface area contributed by atoms with Gasteiger partial charge >= 0.3 is 0 Å². The Hall–Kier alpha value is -3.46. The molecule has 0 saturated heterocycles. The van der Waals surface area contributed by atoms with Crippen LogP contribution in [0, 0.1) is 0 Å². The third-order valence-electron chi connectivity index (χ3n) is 4.38. The van der Waals surface area contributed by atoms with Gasteiger partial charge in [-0.2, -0.15) is 0 Å². The zero-order valence-electron chi connectivity index (χ0n) is 14.4. The number of benzene rings is 3. The lowest BCUT2D eigenvalue weighted by atomic mass is 9.95. The maximum atomic E-state index is 11.3. The molecule has 126 valence electrons. The van der Waals surface area contributed by atoms with Gasteiger partial charge in [0.25, 0.3) is 0 Å². The zero-order valence-corrected chi connectivity index (χ0v) is 14.4. The van der Waals surface area contributed by atoms with Crippen LogP contribution in [-0.4, -0.2) is 10.9 Å². The second kappa shape index (κ2) is 6.81. The number of aromatic nitrogens is 1. The van der Waals surface area contributed by atoms with Gasteiger partial charge in [0.15, 0.2) is 0 Å². The van der Waals surface area contributed by atoms with Crippen LogP contribution >= 0.6 is 0 Å². The van der Waals surface area contributed by atoms with Crippen molar-refractivity contribution >= 4 is 22.5 Å². The molecule has 26 heavy (non-hydrogen) atoms. The predicted octanol–water partition coefficient (Wildman–Crippen LogP) is 5.53. The molecule has 0 spiro atoms. The zero-order chi connectivity index (χ0) is 17.9. The summed E-state index contributed by atoms with van der Waals surface area (Å²) in [6.07, 6.45) is 1.74. The Kier molecular flexibility index (Phi) is 4.20. The summed E-state index contributed by atoms with van der Waals surface area (Å²) in [5.74, 6) is -0.0931. The Bertz CT molecular complexity index is 1050. The standard InChI is InChI=1S/C17H14N2O.C6H4/c1-12(20)19-16-10-9-14(13-6-3-2-4-7-13)15-8-5-11-18-17(15)16;1-2-6-4-3-5(1)6/h2-11H,1H3,(H,19,20);1-4H. The molecule has 1 heterocycles. The molecule has 3 heteroatoms. The number of nitrogens with zero attached hydrogens (tertiary/aromatic N) is 1. The number of carbonyl (C=O) groups is 1. The molecule has 0 fully saturated rings. The first kappa shape index (κ1) is 16.0. The Morgan fingerprint density at radius 3 is 2.04 bits per heavy atom. The minimum absolute atomic E-state index is 0.0931. The van der Waals surface area contributed by atoms with Gasteiger partial charge in [-0.1, -0.05) is 66.7 Å². The predicted molar refractivity (Wildman–Crippen MR) is 107 cm³/mol.